The van der Waals surface area contributed by atoms with Gasteiger partial charge in [0.25, 0.3) is 0 Å². The predicted molar refractivity (Wildman–Crippen MR) is 110 cm³/mol. The first kappa shape index (κ1) is 22.9. The van der Waals surface area contributed by atoms with Gasteiger partial charge in [-0.1, -0.05) is 27.2 Å². The van der Waals surface area contributed by atoms with Gasteiger partial charge >= 0.3 is 0 Å². The summed E-state index contributed by atoms with van der Waals surface area (Å²) in [6.45, 7) is 11.5. The van der Waals surface area contributed by atoms with Crippen LogP contribution in [0.25, 0.3) is 0 Å². The maximum atomic E-state index is 11.6. The molecule has 0 aliphatic carbocycles. The van der Waals surface area contributed by atoms with E-state index in [1.54, 1.807) is 6.92 Å². The quantitative estimate of drug-likeness (QED) is 0.361. The predicted octanol–water partition coefficient (Wildman–Crippen LogP) is 2.91. The first-order valence-electron chi connectivity index (χ1n) is 8.59. The molecule has 0 aromatic carbocycles. The molecule has 1 N–H and O–H groups in total. The largest absolute Gasteiger partial charge is 0.357 e. The first-order valence-corrected chi connectivity index (χ1v) is 10.4. The normalized spacial score (nSPS) is 22.6. The fraction of sp³-hybridized carbons (Fsp3) is 0.938. The van der Waals surface area contributed by atoms with E-state index >= 15 is 0 Å². The summed E-state index contributed by atoms with van der Waals surface area (Å²) in [6.07, 6.45) is 4.87. The molecule has 0 bridgehead atoms. The molecule has 0 aromatic rings. The Morgan fingerprint density at radius 1 is 1.30 bits per heavy atom. The van der Waals surface area contributed by atoms with E-state index in [9.17, 15) is 8.42 Å². The highest BCUT2D eigenvalue weighted by molar-refractivity contribution is 14.0. The van der Waals surface area contributed by atoms with Gasteiger partial charge in [0.05, 0.1) is 12.3 Å². The minimum absolute atomic E-state index is 0. The van der Waals surface area contributed by atoms with Crippen molar-refractivity contribution in [2.24, 2.45) is 10.4 Å². The van der Waals surface area contributed by atoms with Crippen LogP contribution in [0.5, 0.6) is 0 Å². The van der Waals surface area contributed by atoms with Crippen molar-refractivity contribution >= 4 is 39.8 Å². The fourth-order valence-corrected chi connectivity index (χ4v) is 3.82. The molecule has 1 fully saturated rings. The smallest absolute Gasteiger partial charge is 0.193 e. The van der Waals surface area contributed by atoms with Crippen LogP contribution < -0.4 is 5.32 Å². The molecule has 0 saturated carbocycles. The monoisotopic (exact) mass is 459 g/mol. The molecule has 1 aliphatic rings. The lowest BCUT2D eigenvalue weighted by atomic mass is 9.78. The van der Waals surface area contributed by atoms with Crippen LogP contribution in [0.2, 0.25) is 0 Å². The van der Waals surface area contributed by atoms with Crippen molar-refractivity contribution in [3.05, 3.63) is 0 Å². The molecule has 1 atom stereocenters. The third-order valence-electron chi connectivity index (χ3n) is 4.37. The van der Waals surface area contributed by atoms with Crippen molar-refractivity contribution in [2.75, 3.05) is 37.7 Å². The molecule has 1 unspecified atom stereocenters. The van der Waals surface area contributed by atoms with Crippen molar-refractivity contribution in [3.8, 4) is 0 Å². The number of sulfone groups is 1. The molecule has 7 heteroatoms. The van der Waals surface area contributed by atoms with Crippen molar-refractivity contribution in [2.45, 2.75) is 53.4 Å². The fourth-order valence-electron chi connectivity index (χ4n) is 3.16. The summed E-state index contributed by atoms with van der Waals surface area (Å²) < 4.78 is 23.2. The van der Waals surface area contributed by atoms with Crippen molar-refractivity contribution in [3.63, 3.8) is 0 Å². The van der Waals surface area contributed by atoms with Crippen molar-refractivity contribution < 1.29 is 8.42 Å². The van der Waals surface area contributed by atoms with Crippen molar-refractivity contribution in [1.82, 2.24) is 10.2 Å². The lowest BCUT2D eigenvalue weighted by molar-refractivity contribution is 0.142. The Kier molecular flexibility index (Phi) is 10.7. The molecule has 0 spiro atoms. The van der Waals surface area contributed by atoms with E-state index < -0.39 is 9.84 Å². The number of nitrogens with zero attached hydrogens (tertiary/aromatic N) is 2. The maximum absolute atomic E-state index is 11.6. The first-order chi connectivity index (χ1) is 10.4. The van der Waals surface area contributed by atoms with Gasteiger partial charge in [0.1, 0.15) is 0 Å². The molecule has 1 heterocycles. The van der Waals surface area contributed by atoms with E-state index in [2.05, 4.69) is 29.1 Å². The van der Waals surface area contributed by atoms with Gasteiger partial charge in [-0.2, -0.15) is 0 Å². The molecular formula is C16H34IN3O2S. The van der Waals surface area contributed by atoms with Crippen LogP contribution in [0.4, 0.5) is 0 Å². The molecule has 1 aliphatic heterocycles. The number of rotatable bonds is 7. The van der Waals surface area contributed by atoms with Crippen LogP contribution in [-0.4, -0.2) is 57.0 Å². The highest BCUT2D eigenvalue weighted by Gasteiger charge is 2.31. The Hall–Kier alpha value is -0.0500. The molecule has 5 nitrogen and oxygen atoms in total. The average Bonchev–Trinajstić information content (AvgIpc) is 2.46. The van der Waals surface area contributed by atoms with Gasteiger partial charge < -0.3 is 10.2 Å². The van der Waals surface area contributed by atoms with E-state index in [1.807, 2.05) is 6.92 Å². The Balaban J connectivity index is 0.00000484. The number of hydrogen-bond acceptors (Lipinski definition) is 3. The van der Waals surface area contributed by atoms with Gasteiger partial charge in [0.2, 0.25) is 0 Å². The van der Waals surface area contributed by atoms with Gasteiger partial charge in [-0.15, -0.1) is 24.0 Å². The minimum Gasteiger partial charge on any atom is -0.357 e. The number of halogens is 1. The molecule has 138 valence electrons. The second-order valence-electron chi connectivity index (χ2n) is 6.56. The Morgan fingerprint density at radius 3 is 2.57 bits per heavy atom. The topological polar surface area (TPSA) is 61.8 Å². The number of aliphatic imine (C=N–C) groups is 1. The van der Waals surface area contributed by atoms with Crippen LogP contribution in [0, 0.1) is 5.41 Å². The third-order valence-corrected chi connectivity index (χ3v) is 6.06. The van der Waals surface area contributed by atoms with Crippen LogP contribution in [-0.2, 0) is 9.84 Å². The van der Waals surface area contributed by atoms with Gasteiger partial charge in [-0.05, 0) is 31.6 Å². The second-order valence-corrected chi connectivity index (χ2v) is 9.03. The zero-order valence-electron chi connectivity index (χ0n) is 15.1. The third kappa shape index (κ3) is 8.05. The van der Waals surface area contributed by atoms with E-state index in [0.29, 0.717) is 12.0 Å². The Bertz CT molecular complexity index is 464. The Labute approximate surface area is 159 Å². The van der Waals surface area contributed by atoms with E-state index in [4.69, 9.17) is 0 Å². The minimum atomic E-state index is -2.95. The maximum Gasteiger partial charge on any atom is 0.193 e. The highest BCUT2D eigenvalue weighted by Crippen LogP contribution is 2.33. The molecule has 0 amide bonds. The summed E-state index contributed by atoms with van der Waals surface area (Å²) in [5, 5.41) is 3.32. The summed E-state index contributed by atoms with van der Waals surface area (Å²) in [6, 6.07) is 0. The zero-order valence-corrected chi connectivity index (χ0v) is 18.2. The molecule has 1 rings (SSSR count). The van der Waals surface area contributed by atoms with Crippen LogP contribution in [0.15, 0.2) is 4.99 Å². The van der Waals surface area contributed by atoms with Crippen molar-refractivity contribution in [1.29, 1.82) is 0 Å². The van der Waals surface area contributed by atoms with Gasteiger partial charge in [-0.25, -0.2) is 8.42 Å². The number of nitrogens with one attached hydrogen (secondary N) is 1. The van der Waals surface area contributed by atoms with Crippen LogP contribution in [0.3, 0.4) is 0 Å². The standard InChI is InChI=1S/C16H33N3O2S.HI/c1-5-9-16(4)10-8-12-19(14-16)15(17-6-2)18-11-13-22(20,21)7-3;/h5-14H2,1-4H3,(H,17,18);1H. The van der Waals surface area contributed by atoms with E-state index in [-0.39, 0.29) is 35.5 Å². The Morgan fingerprint density at radius 2 is 2.00 bits per heavy atom. The van der Waals surface area contributed by atoms with Crippen LogP contribution in [0.1, 0.15) is 53.4 Å². The number of hydrogen-bond donors (Lipinski definition) is 1. The summed E-state index contributed by atoms with van der Waals surface area (Å²) in [4.78, 5) is 6.86. The van der Waals surface area contributed by atoms with E-state index in [0.717, 1.165) is 25.6 Å². The number of likely N-dealkylation sites (tertiary alicyclic amines) is 1. The highest BCUT2D eigenvalue weighted by atomic mass is 127. The lowest BCUT2D eigenvalue weighted by Crippen LogP contribution is -2.50. The SMILES string of the molecule is CCCC1(C)CCCN(C(=NCCS(=O)(=O)CC)NCC)C1.I. The average molecular weight is 459 g/mol. The molecule has 0 radical (unpaired) electrons. The summed E-state index contributed by atoms with van der Waals surface area (Å²) in [5.74, 6) is 1.20. The number of guanidine groups is 1. The van der Waals surface area contributed by atoms with Gasteiger partial charge in [0.15, 0.2) is 15.8 Å². The molecule has 1 saturated heterocycles. The molecule has 0 aromatic heterocycles. The number of piperidine rings is 1. The molecular weight excluding hydrogens is 425 g/mol. The summed E-state index contributed by atoms with van der Waals surface area (Å²) >= 11 is 0. The summed E-state index contributed by atoms with van der Waals surface area (Å²) in [5.41, 5.74) is 0.346. The molecule has 23 heavy (non-hydrogen) atoms. The lowest BCUT2D eigenvalue weighted by Gasteiger charge is -2.42. The second kappa shape index (κ2) is 10.7. The van der Waals surface area contributed by atoms with Gasteiger partial charge in [0, 0.05) is 25.4 Å². The zero-order chi connectivity index (χ0) is 16.6. The van der Waals surface area contributed by atoms with E-state index in [1.165, 1.54) is 25.7 Å². The summed E-state index contributed by atoms with van der Waals surface area (Å²) in [7, 11) is -2.95. The van der Waals surface area contributed by atoms with Gasteiger partial charge in [-0.3, -0.25) is 4.99 Å². The van der Waals surface area contributed by atoms with Crippen LogP contribution >= 0.6 is 24.0 Å².